The van der Waals surface area contributed by atoms with Gasteiger partial charge < -0.3 is 0 Å². The number of rotatable bonds is 0. The van der Waals surface area contributed by atoms with Crippen LogP contribution in [0.4, 0.5) is 4.39 Å². The molecule has 1 nitrogen and oxygen atoms in total. The van der Waals surface area contributed by atoms with Crippen molar-refractivity contribution in [3.05, 3.63) is 29.8 Å². The molecule has 0 saturated heterocycles. The van der Waals surface area contributed by atoms with Crippen molar-refractivity contribution in [1.29, 1.82) is 0 Å². The minimum Gasteiger partial charge on any atom is -0.227 e. The molecule has 0 unspecified atom stereocenters. The number of nitrogens with zero attached hydrogens (tertiary/aromatic N) is 1. The standard InChI is InChI=1S/C7H4FN/c1-2-6-3-4-7(8)9-5-6/h1,3-5H. The number of terminal acetylenes is 1. The SMILES string of the molecule is C#Cc1ccc(F)nc1. The Morgan fingerprint density at radius 2 is 2.33 bits per heavy atom. The van der Waals surface area contributed by atoms with Crippen LogP contribution in [0.3, 0.4) is 0 Å². The van der Waals surface area contributed by atoms with Gasteiger partial charge in [0.05, 0.1) is 0 Å². The molecule has 0 N–H and O–H groups in total. The molecule has 0 spiro atoms. The number of halogens is 1. The lowest BCUT2D eigenvalue weighted by Crippen LogP contribution is -1.80. The van der Waals surface area contributed by atoms with Crippen molar-refractivity contribution < 1.29 is 4.39 Å². The number of aromatic nitrogens is 1. The monoisotopic (exact) mass is 121 g/mol. The van der Waals surface area contributed by atoms with Crippen molar-refractivity contribution in [2.24, 2.45) is 0 Å². The van der Waals surface area contributed by atoms with Crippen LogP contribution in [-0.4, -0.2) is 4.98 Å². The van der Waals surface area contributed by atoms with Crippen LogP contribution < -0.4 is 0 Å². The van der Waals surface area contributed by atoms with E-state index in [4.69, 9.17) is 6.42 Å². The van der Waals surface area contributed by atoms with Crippen LogP contribution in [0.1, 0.15) is 5.56 Å². The largest absolute Gasteiger partial charge is 0.227 e. The maximum absolute atomic E-state index is 12.0. The summed E-state index contributed by atoms with van der Waals surface area (Å²) in [6.07, 6.45) is 6.30. The van der Waals surface area contributed by atoms with Gasteiger partial charge in [0.25, 0.3) is 0 Å². The van der Waals surface area contributed by atoms with E-state index >= 15 is 0 Å². The second-order valence-corrected chi connectivity index (χ2v) is 1.51. The zero-order valence-electron chi connectivity index (χ0n) is 4.63. The van der Waals surface area contributed by atoms with Crippen molar-refractivity contribution in [3.8, 4) is 12.3 Å². The van der Waals surface area contributed by atoms with Gasteiger partial charge in [0.15, 0.2) is 0 Å². The van der Waals surface area contributed by atoms with Gasteiger partial charge in [-0.1, -0.05) is 5.92 Å². The molecule has 0 amide bonds. The first-order chi connectivity index (χ1) is 4.33. The van der Waals surface area contributed by atoms with E-state index in [1.165, 1.54) is 18.3 Å². The number of hydrogen-bond donors (Lipinski definition) is 0. The first kappa shape index (κ1) is 5.77. The second kappa shape index (κ2) is 2.27. The smallest absolute Gasteiger partial charge is 0.212 e. The molecule has 0 aliphatic rings. The van der Waals surface area contributed by atoms with Crippen LogP contribution in [0.25, 0.3) is 0 Å². The van der Waals surface area contributed by atoms with E-state index in [-0.39, 0.29) is 0 Å². The van der Waals surface area contributed by atoms with Gasteiger partial charge in [-0.15, -0.1) is 6.42 Å². The Bertz CT molecular complexity index is 232. The van der Waals surface area contributed by atoms with Crippen molar-refractivity contribution in [1.82, 2.24) is 4.98 Å². The highest BCUT2D eigenvalue weighted by molar-refractivity contribution is 5.28. The van der Waals surface area contributed by atoms with Gasteiger partial charge in [-0.25, -0.2) is 4.98 Å². The summed E-state index contributed by atoms with van der Waals surface area (Å²) in [5, 5.41) is 0. The third-order valence-corrected chi connectivity index (χ3v) is 0.894. The lowest BCUT2D eigenvalue weighted by atomic mass is 10.3. The van der Waals surface area contributed by atoms with Gasteiger partial charge in [-0.05, 0) is 12.1 Å². The van der Waals surface area contributed by atoms with Crippen LogP contribution in [0.15, 0.2) is 18.3 Å². The molecular weight excluding hydrogens is 117 g/mol. The van der Waals surface area contributed by atoms with E-state index in [2.05, 4.69) is 10.9 Å². The predicted octanol–water partition coefficient (Wildman–Crippen LogP) is 1.20. The van der Waals surface area contributed by atoms with Crippen molar-refractivity contribution in [2.75, 3.05) is 0 Å². The number of hydrogen-bond acceptors (Lipinski definition) is 1. The Kier molecular flexibility index (Phi) is 1.46. The number of pyridine rings is 1. The summed E-state index contributed by atoms with van der Waals surface area (Å²) in [6.45, 7) is 0. The third kappa shape index (κ3) is 1.26. The van der Waals surface area contributed by atoms with Gasteiger partial charge in [-0.2, -0.15) is 4.39 Å². The van der Waals surface area contributed by atoms with Gasteiger partial charge in [0.2, 0.25) is 5.95 Å². The summed E-state index contributed by atoms with van der Waals surface area (Å²) in [5.74, 6) is 1.82. The highest BCUT2D eigenvalue weighted by Gasteiger charge is 1.87. The maximum Gasteiger partial charge on any atom is 0.212 e. The topological polar surface area (TPSA) is 12.9 Å². The molecule has 0 atom stereocenters. The van der Waals surface area contributed by atoms with E-state index in [0.717, 1.165) is 0 Å². The predicted molar refractivity (Wildman–Crippen MR) is 32.1 cm³/mol. The first-order valence-electron chi connectivity index (χ1n) is 2.41. The second-order valence-electron chi connectivity index (χ2n) is 1.51. The highest BCUT2D eigenvalue weighted by Crippen LogP contribution is 1.94. The fourth-order valence-corrected chi connectivity index (χ4v) is 0.461. The van der Waals surface area contributed by atoms with Crippen molar-refractivity contribution in [2.45, 2.75) is 0 Å². The summed E-state index contributed by atoms with van der Waals surface area (Å²) < 4.78 is 12.0. The molecule has 0 aliphatic carbocycles. The van der Waals surface area contributed by atoms with Crippen LogP contribution in [0, 0.1) is 18.3 Å². The summed E-state index contributed by atoms with van der Waals surface area (Å²) in [6, 6.07) is 2.73. The van der Waals surface area contributed by atoms with Gasteiger partial charge >= 0.3 is 0 Å². The van der Waals surface area contributed by atoms with Crippen molar-refractivity contribution in [3.63, 3.8) is 0 Å². The molecule has 0 saturated carbocycles. The summed E-state index contributed by atoms with van der Waals surface area (Å²) in [7, 11) is 0. The van der Waals surface area contributed by atoms with E-state index < -0.39 is 5.95 Å². The fourth-order valence-electron chi connectivity index (χ4n) is 0.461. The molecule has 2 heteroatoms. The molecular formula is C7H4FN. The normalized spacial score (nSPS) is 8.44. The van der Waals surface area contributed by atoms with Gasteiger partial charge in [0.1, 0.15) is 0 Å². The quantitative estimate of drug-likeness (QED) is 0.371. The maximum atomic E-state index is 12.0. The molecule has 0 aromatic carbocycles. The molecule has 1 aromatic heterocycles. The molecule has 1 aromatic rings. The van der Waals surface area contributed by atoms with Gasteiger partial charge in [-0.3, -0.25) is 0 Å². The molecule has 1 rings (SSSR count). The molecule has 0 fully saturated rings. The Morgan fingerprint density at radius 3 is 2.78 bits per heavy atom. The van der Waals surface area contributed by atoms with Crippen LogP contribution in [0.5, 0.6) is 0 Å². The van der Waals surface area contributed by atoms with Crippen LogP contribution >= 0.6 is 0 Å². The minimum absolute atomic E-state index is 0.506. The average Bonchev–Trinajstić information content (AvgIpc) is 1.90. The van der Waals surface area contributed by atoms with E-state index in [9.17, 15) is 4.39 Å². The fraction of sp³-hybridized carbons (Fsp3) is 0. The molecule has 0 aliphatic heterocycles. The van der Waals surface area contributed by atoms with E-state index in [0.29, 0.717) is 5.56 Å². The molecule has 44 valence electrons. The Hall–Kier alpha value is -1.36. The van der Waals surface area contributed by atoms with E-state index in [1.54, 1.807) is 0 Å². The zero-order valence-corrected chi connectivity index (χ0v) is 4.63. The van der Waals surface area contributed by atoms with Crippen LogP contribution in [-0.2, 0) is 0 Å². The minimum atomic E-state index is -0.506. The van der Waals surface area contributed by atoms with Crippen LogP contribution in [0.2, 0.25) is 0 Å². The van der Waals surface area contributed by atoms with Gasteiger partial charge in [0, 0.05) is 11.8 Å². The molecule has 1 heterocycles. The third-order valence-electron chi connectivity index (χ3n) is 0.894. The highest BCUT2D eigenvalue weighted by atomic mass is 19.1. The van der Waals surface area contributed by atoms with Crippen molar-refractivity contribution >= 4 is 0 Å². The molecule has 0 radical (unpaired) electrons. The average molecular weight is 121 g/mol. The lowest BCUT2D eigenvalue weighted by Gasteiger charge is -1.85. The zero-order chi connectivity index (χ0) is 6.69. The Labute approximate surface area is 52.5 Å². The Balaban J connectivity index is 3.06. The first-order valence-corrected chi connectivity index (χ1v) is 2.41. The molecule has 0 bridgehead atoms. The summed E-state index contributed by atoms with van der Waals surface area (Å²) in [4.78, 5) is 3.34. The molecule has 9 heavy (non-hydrogen) atoms. The Morgan fingerprint density at radius 1 is 1.56 bits per heavy atom. The summed E-state index contributed by atoms with van der Waals surface area (Å²) >= 11 is 0. The lowest BCUT2D eigenvalue weighted by molar-refractivity contribution is 0.583. The summed E-state index contributed by atoms with van der Waals surface area (Å²) in [5.41, 5.74) is 0.594. The van der Waals surface area contributed by atoms with E-state index in [1.807, 2.05) is 0 Å².